The standard InChI is InChI=1S/C13H20N2O4/c1-13(17,5-6-18-2)8-14-12(16)10-7-11(19-15-10)9-3-4-9/h7,9,17H,3-6,8H2,1-2H3,(H,14,16). The maximum Gasteiger partial charge on any atom is 0.273 e. The van der Waals surface area contributed by atoms with Crippen LogP contribution in [0.2, 0.25) is 0 Å². The second kappa shape index (κ2) is 5.71. The first-order chi connectivity index (χ1) is 9.02. The molecule has 19 heavy (non-hydrogen) atoms. The monoisotopic (exact) mass is 268 g/mol. The summed E-state index contributed by atoms with van der Waals surface area (Å²) in [5.41, 5.74) is -0.723. The van der Waals surface area contributed by atoms with E-state index in [1.54, 1.807) is 20.1 Å². The summed E-state index contributed by atoms with van der Waals surface area (Å²) in [6, 6.07) is 1.68. The van der Waals surface area contributed by atoms with E-state index in [4.69, 9.17) is 9.26 Å². The fourth-order valence-corrected chi connectivity index (χ4v) is 1.73. The zero-order chi connectivity index (χ0) is 13.9. The Morgan fingerprint density at radius 1 is 1.68 bits per heavy atom. The van der Waals surface area contributed by atoms with Crippen LogP contribution in [0, 0.1) is 0 Å². The van der Waals surface area contributed by atoms with E-state index in [1.807, 2.05) is 0 Å². The van der Waals surface area contributed by atoms with E-state index in [2.05, 4.69) is 10.5 Å². The zero-order valence-corrected chi connectivity index (χ0v) is 11.3. The predicted molar refractivity (Wildman–Crippen MR) is 67.9 cm³/mol. The molecule has 0 aliphatic heterocycles. The molecule has 1 heterocycles. The Balaban J connectivity index is 1.82. The summed E-state index contributed by atoms with van der Waals surface area (Å²) < 4.78 is 10.0. The Morgan fingerprint density at radius 3 is 3.05 bits per heavy atom. The first-order valence-corrected chi connectivity index (χ1v) is 6.48. The average Bonchev–Trinajstić information content (AvgIpc) is 3.12. The van der Waals surface area contributed by atoms with Crippen LogP contribution in [0.5, 0.6) is 0 Å². The van der Waals surface area contributed by atoms with Crippen molar-refractivity contribution >= 4 is 5.91 Å². The lowest BCUT2D eigenvalue weighted by Crippen LogP contribution is -2.41. The SMILES string of the molecule is COCCC(C)(O)CNC(=O)c1cc(C2CC2)on1. The van der Waals surface area contributed by atoms with Crippen molar-refractivity contribution in [1.29, 1.82) is 0 Å². The summed E-state index contributed by atoms with van der Waals surface area (Å²) in [7, 11) is 1.57. The van der Waals surface area contributed by atoms with Crippen LogP contribution in [0.3, 0.4) is 0 Å². The van der Waals surface area contributed by atoms with Crippen molar-refractivity contribution in [3.05, 3.63) is 17.5 Å². The fraction of sp³-hybridized carbons (Fsp3) is 0.692. The number of carbonyl (C=O) groups is 1. The molecule has 1 unspecified atom stereocenters. The Morgan fingerprint density at radius 2 is 2.42 bits per heavy atom. The van der Waals surface area contributed by atoms with E-state index in [0.717, 1.165) is 18.6 Å². The van der Waals surface area contributed by atoms with Crippen molar-refractivity contribution in [2.24, 2.45) is 0 Å². The van der Waals surface area contributed by atoms with Crippen LogP contribution >= 0.6 is 0 Å². The molecule has 2 rings (SSSR count). The van der Waals surface area contributed by atoms with Crippen molar-refractivity contribution in [2.45, 2.75) is 37.7 Å². The molecule has 0 aromatic carbocycles. The van der Waals surface area contributed by atoms with E-state index in [1.165, 1.54) is 0 Å². The Hall–Kier alpha value is -1.40. The summed E-state index contributed by atoms with van der Waals surface area (Å²) >= 11 is 0. The predicted octanol–water partition coefficient (Wildman–Crippen LogP) is 1.07. The van der Waals surface area contributed by atoms with Gasteiger partial charge in [-0.25, -0.2) is 0 Å². The first kappa shape index (κ1) is 14.0. The van der Waals surface area contributed by atoms with Crippen LogP contribution in [0.1, 0.15) is 48.4 Å². The third-order valence-corrected chi connectivity index (χ3v) is 3.22. The van der Waals surface area contributed by atoms with Gasteiger partial charge in [0.05, 0.1) is 5.60 Å². The molecule has 0 saturated heterocycles. The number of carbonyl (C=O) groups excluding carboxylic acids is 1. The number of hydrogen-bond donors (Lipinski definition) is 2. The van der Waals surface area contributed by atoms with Crippen molar-refractivity contribution in [2.75, 3.05) is 20.3 Å². The molecule has 1 aromatic rings. The second-order valence-corrected chi connectivity index (χ2v) is 5.31. The van der Waals surface area contributed by atoms with Crippen LogP contribution in [-0.4, -0.2) is 42.0 Å². The van der Waals surface area contributed by atoms with Gasteiger partial charge in [0.1, 0.15) is 5.76 Å². The van der Waals surface area contributed by atoms with E-state index in [9.17, 15) is 9.90 Å². The van der Waals surface area contributed by atoms with Crippen LogP contribution in [-0.2, 0) is 4.74 Å². The largest absolute Gasteiger partial charge is 0.388 e. The maximum absolute atomic E-state index is 11.8. The van der Waals surface area contributed by atoms with Crippen molar-refractivity contribution in [3.8, 4) is 0 Å². The fourth-order valence-electron chi connectivity index (χ4n) is 1.73. The molecule has 1 fully saturated rings. The summed E-state index contributed by atoms with van der Waals surface area (Å²) in [6.07, 6.45) is 2.65. The number of nitrogens with one attached hydrogen (secondary N) is 1. The highest BCUT2D eigenvalue weighted by Crippen LogP contribution is 2.40. The molecule has 1 aliphatic rings. The summed E-state index contributed by atoms with van der Waals surface area (Å²) in [6.45, 7) is 2.25. The normalized spacial score (nSPS) is 18.1. The molecular weight excluding hydrogens is 248 g/mol. The zero-order valence-electron chi connectivity index (χ0n) is 11.3. The lowest BCUT2D eigenvalue weighted by atomic mass is 10.0. The third kappa shape index (κ3) is 4.04. The number of aliphatic hydroxyl groups is 1. The van der Waals surface area contributed by atoms with Gasteiger partial charge in [0.2, 0.25) is 0 Å². The van der Waals surface area contributed by atoms with Crippen LogP contribution in [0.4, 0.5) is 0 Å². The van der Waals surface area contributed by atoms with Gasteiger partial charge in [-0.1, -0.05) is 5.16 Å². The molecule has 1 aliphatic carbocycles. The average molecular weight is 268 g/mol. The number of amides is 1. The van der Waals surface area contributed by atoms with Gasteiger partial charge in [-0.2, -0.15) is 0 Å². The van der Waals surface area contributed by atoms with Crippen molar-refractivity contribution in [1.82, 2.24) is 10.5 Å². The number of methoxy groups -OCH3 is 1. The molecule has 1 saturated carbocycles. The smallest absolute Gasteiger partial charge is 0.273 e. The highest BCUT2D eigenvalue weighted by molar-refractivity contribution is 5.92. The van der Waals surface area contributed by atoms with Crippen molar-refractivity contribution in [3.63, 3.8) is 0 Å². The van der Waals surface area contributed by atoms with Gasteiger partial charge in [-0.05, 0) is 19.8 Å². The van der Waals surface area contributed by atoms with Gasteiger partial charge in [0.25, 0.3) is 5.91 Å². The lowest BCUT2D eigenvalue weighted by molar-refractivity contribution is 0.0242. The number of rotatable bonds is 7. The third-order valence-electron chi connectivity index (χ3n) is 3.22. The second-order valence-electron chi connectivity index (χ2n) is 5.31. The summed E-state index contributed by atoms with van der Waals surface area (Å²) in [5.74, 6) is 0.878. The van der Waals surface area contributed by atoms with Crippen LogP contribution in [0.25, 0.3) is 0 Å². The Kier molecular flexibility index (Phi) is 4.21. The topological polar surface area (TPSA) is 84.6 Å². The quantitative estimate of drug-likeness (QED) is 0.772. The van der Waals surface area contributed by atoms with E-state index >= 15 is 0 Å². The van der Waals surface area contributed by atoms with Crippen LogP contribution < -0.4 is 5.32 Å². The molecule has 1 amide bonds. The number of aromatic nitrogens is 1. The molecule has 106 valence electrons. The molecule has 0 spiro atoms. The van der Waals surface area contributed by atoms with E-state index in [0.29, 0.717) is 18.9 Å². The maximum atomic E-state index is 11.8. The highest BCUT2D eigenvalue weighted by Gasteiger charge is 2.29. The molecule has 1 aromatic heterocycles. The van der Waals surface area contributed by atoms with Gasteiger partial charge >= 0.3 is 0 Å². The number of ether oxygens (including phenoxy) is 1. The number of nitrogens with zero attached hydrogens (tertiary/aromatic N) is 1. The molecule has 6 heteroatoms. The van der Waals surface area contributed by atoms with Crippen LogP contribution in [0.15, 0.2) is 10.6 Å². The van der Waals surface area contributed by atoms with E-state index in [-0.39, 0.29) is 18.1 Å². The minimum Gasteiger partial charge on any atom is -0.388 e. The lowest BCUT2D eigenvalue weighted by Gasteiger charge is -2.22. The van der Waals surface area contributed by atoms with Crippen molar-refractivity contribution < 1.29 is 19.2 Å². The molecule has 6 nitrogen and oxygen atoms in total. The molecular formula is C13H20N2O4. The minimum atomic E-state index is -0.991. The molecule has 1 atom stereocenters. The van der Waals surface area contributed by atoms with Gasteiger partial charge < -0.3 is 19.7 Å². The first-order valence-electron chi connectivity index (χ1n) is 6.48. The van der Waals surface area contributed by atoms with Gasteiger partial charge in [0, 0.05) is 38.7 Å². The van der Waals surface area contributed by atoms with Gasteiger partial charge in [0.15, 0.2) is 5.69 Å². The Labute approximate surface area is 112 Å². The summed E-state index contributed by atoms with van der Waals surface area (Å²) in [4.78, 5) is 11.8. The molecule has 0 bridgehead atoms. The van der Waals surface area contributed by atoms with E-state index < -0.39 is 5.60 Å². The van der Waals surface area contributed by atoms with Gasteiger partial charge in [-0.3, -0.25) is 4.79 Å². The van der Waals surface area contributed by atoms with Gasteiger partial charge in [-0.15, -0.1) is 0 Å². The molecule has 0 radical (unpaired) electrons. The minimum absolute atomic E-state index is 0.154. The number of hydrogen-bond acceptors (Lipinski definition) is 5. The Bertz CT molecular complexity index is 438. The summed E-state index contributed by atoms with van der Waals surface area (Å²) in [5, 5.41) is 16.4. The molecule has 2 N–H and O–H groups in total. The highest BCUT2D eigenvalue weighted by atomic mass is 16.5.